The second kappa shape index (κ2) is 3.67. The third-order valence-corrected chi connectivity index (χ3v) is 2.53. The predicted molar refractivity (Wildman–Crippen MR) is 51.3 cm³/mol. The van der Waals surface area contributed by atoms with Gasteiger partial charge in [-0.3, -0.25) is 4.79 Å². The van der Waals surface area contributed by atoms with Gasteiger partial charge < -0.3 is 5.32 Å². The summed E-state index contributed by atoms with van der Waals surface area (Å²) < 4.78 is -0.397. The van der Waals surface area contributed by atoms with Gasteiger partial charge in [-0.25, -0.2) is 0 Å². The summed E-state index contributed by atoms with van der Waals surface area (Å²) in [6, 6.07) is 0. The van der Waals surface area contributed by atoms with E-state index in [1.807, 2.05) is 20.8 Å². The molecule has 0 radical (unpaired) electrons. The third-order valence-electron chi connectivity index (χ3n) is 1.46. The number of hydrogen-bond donors (Lipinski definition) is 1. The quantitative estimate of drug-likeness (QED) is 0.471. The Morgan fingerprint density at radius 2 is 2.00 bits per heavy atom. The van der Waals surface area contributed by atoms with Gasteiger partial charge in [-0.15, -0.1) is 0 Å². The first-order valence-corrected chi connectivity index (χ1v) is 4.42. The largest absolute Gasteiger partial charge is 0.300 e. The SMILES string of the molecule is CN[C@@](C)(I)C(=O)C(C)C. The average Bonchev–Trinajstić information content (AvgIpc) is 1.86. The number of carbonyl (C=O) groups excluding carboxylic acids is 1. The van der Waals surface area contributed by atoms with Gasteiger partial charge in [-0.05, 0) is 14.0 Å². The van der Waals surface area contributed by atoms with Crippen molar-refractivity contribution in [2.24, 2.45) is 5.92 Å². The molecule has 0 fully saturated rings. The summed E-state index contributed by atoms with van der Waals surface area (Å²) in [5.74, 6) is 0.352. The van der Waals surface area contributed by atoms with E-state index in [2.05, 4.69) is 27.9 Å². The summed E-state index contributed by atoms with van der Waals surface area (Å²) in [6.07, 6.45) is 0. The van der Waals surface area contributed by atoms with Crippen LogP contribution in [-0.4, -0.2) is 16.4 Å². The second-order valence-electron chi connectivity index (χ2n) is 2.77. The molecule has 1 atom stereocenters. The lowest BCUT2D eigenvalue weighted by Crippen LogP contribution is -2.43. The van der Waals surface area contributed by atoms with E-state index in [1.165, 1.54) is 0 Å². The third kappa shape index (κ3) is 2.54. The average molecular weight is 255 g/mol. The van der Waals surface area contributed by atoms with Crippen LogP contribution in [0.4, 0.5) is 0 Å². The lowest BCUT2D eigenvalue weighted by Gasteiger charge is -2.21. The predicted octanol–water partition coefficient (Wildman–Crippen LogP) is 1.58. The van der Waals surface area contributed by atoms with Crippen molar-refractivity contribution in [3.8, 4) is 0 Å². The van der Waals surface area contributed by atoms with E-state index in [-0.39, 0.29) is 11.7 Å². The summed E-state index contributed by atoms with van der Waals surface area (Å²) in [6.45, 7) is 5.71. The number of nitrogens with one attached hydrogen (secondary N) is 1. The van der Waals surface area contributed by atoms with Crippen LogP contribution in [0, 0.1) is 5.92 Å². The van der Waals surface area contributed by atoms with E-state index >= 15 is 0 Å². The zero-order valence-corrected chi connectivity index (χ0v) is 9.02. The zero-order chi connectivity index (χ0) is 8.36. The van der Waals surface area contributed by atoms with Gasteiger partial charge in [0.25, 0.3) is 0 Å². The zero-order valence-electron chi connectivity index (χ0n) is 6.86. The van der Waals surface area contributed by atoms with Gasteiger partial charge in [0, 0.05) is 5.92 Å². The molecule has 0 aromatic rings. The number of carbonyl (C=O) groups is 1. The second-order valence-corrected chi connectivity index (χ2v) is 4.93. The monoisotopic (exact) mass is 255 g/mol. The first kappa shape index (κ1) is 10.4. The summed E-state index contributed by atoms with van der Waals surface area (Å²) in [7, 11) is 1.80. The van der Waals surface area contributed by atoms with E-state index in [0.717, 1.165) is 0 Å². The van der Waals surface area contributed by atoms with E-state index < -0.39 is 3.55 Å². The number of hydrogen-bond acceptors (Lipinski definition) is 2. The summed E-state index contributed by atoms with van der Waals surface area (Å²) in [5.41, 5.74) is 0. The van der Waals surface area contributed by atoms with Crippen molar-refractivity contribution in [3.63, 3.8) is 0 Å². The standard InChI is InChI=1S/C7H14INO/c1-5(2)6(10)7(3,8)9-4/h5,9H,1-4H3/t7-/m1/s1. The van der Waals surface area contributed by atoms with Crippen molar-refractivity contribution in [2.75, 3.05) is 7.05 Å². The highest BCUT2D eigenvalue weighted by molar-refractivity contribution is 14.1. The molecule has 1 N–H and O–H groups in total. The van der Waals surface area contributed by atoms with Crippen LogP contribution in [0.1, 0.15) is 20.8 Å². The number of ketones is 1. The first-order valence-electron chi connectivity index (χ1n) is 3.34. The van der Waals surface area contributed by atoms with Crippen molar-refractivity contribution < 1.29 is 4.79 Å². The molecule has 0 aliphatic heterocycles. The van der Waals surface area contributed by atoms with Gasteiger partial charge >= 0.3 is 0 Å². The molecule has 0 amide bonds. The number of rotatable bonds is 3. The van der Waals surface area contributed by atoms with Crippen LogP contribution in [-0.2, 0) is 4.79 Å². The molecule has 0 bridgehead atoms. The first-order chi connectivity index (χ1) is 4.41. The van der Waals surface area contributed by atoms with Crippen LogP contribution in [0.5, 0.6) is 0 Å². The molecule has 0 aromatic carbocycles. The van der Waals surface area contributed by atoms with Crippen LogP contribution >= 0.6 is 22.6 Å². The van der Waals surface area contributed by atoms with Gasteiger partial charge in [-0.2, -0.15) is 0 Å². The van der Waals surface area contributed by atoms with Gasteiger partial charge in [0.2, 0.25) is 0 Å². The molecule has 10 heavy (non-hydrogen) atoms. The normalized spacial score (nSPS) is 17.0. The highest BCUT2D eigenvalue weighted by Gasteiger charge is 2.28. The Balaban J connectivity index is 4.19. The highest BCUT2D eigenvalue weighted by atomic mass is 127. The number of likely N-dealkylation sites (N-methyl/N-ethyl adjacent to an activating group) is 1. The maximum Gasteiger partial charge on any atom is 0.165 e. The molecule has 0 aromatic heterocycles. The molecule has 2 nitrogen and oxygen atoms in total. The van der Waals surface area contributed by atoms with E-state index in [4.69, 9.17) is 0 Å². The fourth-order valence-corrected chi connectivity index (χ4v) is 1.29. The Morgan fingerprint density at radius 1 is 1.60 bits per heavy atom. The molecule has 0 spiro atoms. The molecule has 0 aliphatic rings. The Labute approximate surface area is 75.9 Å². The van der Waals surface area contributed by atoms with Gasteiger partial charge in [0.1, 0.15) is 3.55 Å². The summed E-state index contributed by atoms with van der Waals surface area (Å²) in [5, 5.41) is 2.96. The fourth-order valence-electron chi connectivity index (χ4n) is 0.665. The Kier molecular flexibility index (Phi) is 3.80. The van der Waals surface area contributed by atoms with Crippen LogP contribution in [0.2, 0.25) is 0 Å². The minimum Gasteiger partial charge on any atom is -0.300 e. The molecule has 0 saturated heterocycles. The minimum absolute atomic E-state index is 0.106. The van der Waals surface area contributed by atoms with Crippen molar-refractivity contribution in [1.29, 1.82) is 0 Å². The summed E-state index contributed by atoms with van der Waals surface area (Å²) >= 11 is 2.12. The molecular weight excluding hydrogens is 241 g/mol. The van der Waals surface area contributed by atoms with Crippen molar-refractivity contribution in [1.82, 2.24) is 5.32 Å². The Hall–Kier alpha value is 0.360. The van der Waals surface area contributed by atoms with Crippen molar-refractivity contribution in [2.45, 2.75) is 24.3 Å². The number of halogens is 1. The van der Waals surface area contributed by atoms with Crippen LogP contribution < -0.4 is 5.32 Å². The molecule has 0 aliphatic carbocycles. The lowest BCUT2D eigenvalue weighted by molar-refractivity contribution is -0.123. The molecule has 0 heterocycles. The number of Topliss-reactive ketones (excluding diaryl/α,β-unsaturated/α-hetero) is 1. The van der Waals surface area contributed by atoms with Gasteiger partial charge in [-0.1, -0.05) is 36.4 Å². The Bertz CT molecular complexity index is 132. The van der Waals surface area contributed by atoms with Crippen LogP contribution in [0.15, 0.2) is 0 Å². The van der Waals surface area contributed by atoms with Crippen LogP contribution in [0.25, 0.3) is 0 Å². The smallest absolute Gasteiger partial charge is 0.165 e. The molecule has 60 valence electrons. The minimum atomic E-state index is -0.397. The lowest BCUT2D eigenvalue weighted by atomic mass is 10.0. The van der Waals surface area contributed by atoms with Crippen LogP contribution in [0.3, 0.4) is 0 Å². The molecule has 0 rings (SSSR count). The number of alkyl halides is 1. The van der Waals surface area contributed by atoms with Crippen molar-refractivity contribution in [3.05, 3.63) is 0 Å². The van der Waals surface area contributed by atoms with Gasteiger partial charge in [0.05, 0.1) is 0 Å². The fraction of sp³-hybridized carbons (Fsp3) is 0.857. The van der Waals surface area contributed by atoms with E-state index in [1.54, 1.807) is 7.05 Å². The molecule has 3 heteroatoms. The molecular formula is C7H14INO. The molecule has 0 saturated carbocycles. The summed E-state index contributed by atoms with van der Waals surface area (Å²) in [4.78, 5) is 11.3. The Morgan fingerprint density at radius 3 is 2.10 bits per heavy atom. The van der Waals surface area contributed by atoms with Gasteiger partial charge in [0.15, 0.2) is 5.78 Å². The van der Waals surface area contributed by atoms with Crippen molar-refractivity contribution >= 4 is 28.4 Å². The highest BCUT2D eigenvalue weighted by Crippen LogP contribution is 2.18. The van der Waals surface area contributed by atoms with E-state index in [0.29, 0.717) is 0 Å². The molecule has 0 unspecified atom stereocenters. The topological polar surface area (TPSA) is 29.1 Å². The van der Waals surface area contributed by atoms with E-state index in [9.17, 15) is 4.79 Å². The maximum atomic E-state index is 11.3. The maximum absolute atomic E-state index is 11.3.